The van der Waals surface area contributed by atoms with Crippen LogP contribution in [0.25, 0.3) is 0 Å². The van der Waals surface area contributed by atoms with Crippen LogP contribution < -0.4 is 5.32 Å². The van der Waals surface area contributed by atoms with Gasteiger partial charge < -0.3 is 15.0 Å². The number of amides is 2. The van der Waals surface area contributed by atoms with Crippen molar-refractivity contribution in [2.45, 2.75) is 44.0 Å². The fourth-order valence-electron chi connectivity index (χ4n) is 3.10. The third-order valence-corrected chi connectivity index (χ3v) is 6.53. The Hall–Kier alpha value is -2.46. The zero-order valence-electron chi connectivity index (χ0n) is 16.9. The highest BCUT2D eigenvalue weighted by Crippen LogP contribution is 2.18. The number of carbonyl (C=O) groups excluding carboxylic acids is 3. The van der Waals surface area contributed by atoms with Crippen molar-refractivity contribution in [3.8, 4) is 0 Å². The summed E-state index contributed by atoms with van der Waals surface area (Å²) in [5, 5.41) is 2.54. The minimum absolute atomic E-state index is 0.0277. The fourth-order valence-corrected chi connectivity index (χ4v) is 4.21. The van der Waals surface area contributed by atoms with Gasteiger partial charge in [-0.2, -0.15) is 4.31 Å². The topological polar surface area (TPSA) is 113 Å². The first-order chi connectivity index (χ1) is 13.6. The molecule has 1 aromatic rings. The van der Waals surface area contributed by atoms with Gasteiger partial charge in [0.25, 0.3) is 5.91 Å². The van der Waals surface area contributed by atoms with Crippen LogP contribution in [0.5, 0.6) is 0 Å². The van der Waals surface area contributed by atoms with Crippen LogP contribution in [0, 0.1) is 0 Å². The van der Waals surface area contributed by atoms with Gasteiger partial charge in [-0.1, -0.05) is 0 Å². The van der Waals surface area contributed by atoms with Crippen molar-refractivity contribution in [1.29, 1.82) is 0 Å². The number of benzene rings is 1. The number of piperidine rings is 1. The number of ether oxygens (including phenoxy) is 1. The Morgan fingerprint density at radius 2 is 1.86 bits per heavy atom. The van der Waals surface area contributed by atoms with Gasteiger partial charge >= 0.3 is 5.97 Å². The molecule has 9 nitrogen and oxygen atoms in total. The van der Waals surface area contributed by atoms with E-state index in [9.17, 15) is 22.8 Å². The van der Waals surface area contributed by atoms with Crippen molar-refractivity contribution in [1.82, 2.24) is 9.21 Å². The summed E-state index contributed by atoms with van der Waals surface area (Å²) in [6.07, 6.45) is 2.91. The smallest absolute Gasteiger partial charge is 0.321 e. The van der Waals surface area contributed by atoms with Crippen LogP contribution in [0.3, 0.4) is 0 Å². The van der Waals surface area contributed by atoms with Crippen molar-refractivity contribution >= 4 is 33.5 Å². The summed E-state index contributed by atoms with van der Waals surface area (Å²) >= 11 is 0. The van der Waals surface area contributed by atoms with E-state index in [1.807, 2.05) is 6.92 Å². The maximum atomic E-state index is 12.6. The first-order valence-electron chi connectivity index (χ1n) is 9.40. The number of hydrogen-bond acceptors (Lipinski definition) is 6. The summed E-state index contributed by atoms with van der Waals surface area (Å²) in [6.45, 7) is 3.03. The highest BCUT2D eigenvalue weighted by atomic mass is 32.2. The number of esters is 1. The first kappa shape index (κ1) is 22.8. The molecule has 2 rings (SSSR count). The molecule has 1 aliphatic rings. The zero-order valence-corrected chi connectivity index (χ0v) is 17.7. The highest BCUT2D eigenvalue weighted by Gasteiger charge is 2.26. The predicted octanol–water partition coefficient (Wildman–Crippen LogP) is 1.21. The van der Waals surface area contributed by atoms with E-state index in [0.717, 1.165) is 23.6 Å². The summed E-state index contributed by atoms with van der Waals surface area (Å²) in [5.74, 6) is -1.34. The van der Waals surface area contributed by atoms with Crippen molar-refractivity contribution < 1.29 is 27.5 Å². The van der Waals surface area contributed by atoms with Crippen LogP contribution >= 0.6 is 0 Å². The second-order valence-corrected chi connectivity index (χ2v) is 9.10. The van der Waals surface area contributed by atoms with Crippen molar-refractivity contribution in [2.24, 2.45) is 0 Å². The molecule has 1 N–H and O–H groups in total. The molecule has 1 heterocycles. The van der Waals surface area contributed by atoms with Crippen LogP contribution in [0.1, 0.15) is 33.1 Å². The van der Waals surface area contributed by atoms with Gasteiger partial charge in [-0.25, -0.2) is 8.42 Å². The Morgan fingerprint density at radius 1 is 1.21 bits per heavy atom. The van der Waals surface area contributed by atoms with E-state index in [0.29, 0.717) is 12.2 Å². The molecule has 0 unspecified atom stereocenters. The molecule has 0 radical (unpaired) electrons. The maximum Gasteiger partial charge on any atom is 0.321 e. The number of rotatable bonds is 7. The summed E-state index contributed by atoms with van der Waals surface area (Å²) in [6, 6.07) is 5.70. The molecule has 0 spiro atoms. The van der Waals surface area contributed by atoms with Gasteiger partial charge in [-0.3, -0.25) is 14.4 Å². The average Bonchev–Trinajstić information content (AvgIpc) is 2.66. The van der Waals surface area contributed by atoms with E-state index < -0.39 is 29.1 Å². The Bertz CT molecular complexity index is 853. The van der Waals surface area contributed by atoms with Crippen LogP contribution in [-0.4, -0.2) is 68.2 Å². The van der Waals surface area contributed by atoms with Crippen LogP contribution in [-0.2, 0) is 29.1 Å². The third-order valence-electron chi connectivity index (χ3n) is 4.71. The van der Waals surface area contributed by atoms with Gasteiger partial charge in [0.15, 0.2) is 6.61 Å². The number of nitrogens with one attached hydrogen (secondary N) is 1. The minimum atomic E-state index is -3.92. The Kier molecular flexibility index (Phi) is 7.74. The molecule has 0 saturated carbocycles. The zero-order chi connectivity index (χ0) is 21.6. The number of carbonyl (C=O) groups is 3. The summed E-state index contributed by atoms with van der Waals surface area (Å²) < 4.78 is 31.0. The molecule has 2 amide bonds. The summed E-state index contributed by atoms with van der Waals surface area (Å²) in [7, 11) is -2.67. The molecular weight excluding hydrogens is 398 g/mol. The molecule has 1 fully saturated rings. The lowest BCUT2D eigenvalue weighted by Gasteiger charge is -2.33. The second kappa shape index (κ2) is 9.84. The molecule has 1 aromatic carbocycles. The lowest BCUT2D eigenvalue weighted by Crippen LogP contribution is -2.44. The molecule has 1 saturated heterocycles. The molecule has 0 aromatic heterocycles. The van der Waals surface area contributed by atoms with Crippen molar-refractivity contribution in [3.05, 3.63) is 24.3 Å². The monoisotopic (exact) mass is 425 g/mol. The number of sulfonamides is 1. The molecule has 160 valence electrons. The first-order valence-corrected chi connectivity index (χ1v) is 10.8. The van der Waals surface area contributed by atoms with E-state index in [1.54, 1.807) is 4.90 Å². The van der Waals surface area contributed by atoms with E-state index in [2.05, 4.69) is 5.32 Å². The van der Waals surface area contributed by atoms with Crippen LogP contribution in [0.4, 0.5) is 5.69 Å². The largest absolute Gasteiger partial charge is 0.455 e. The van der Waals surface area contributed by atoms with Crippen molar-refractivity contribution in [2.75, 3.05) is 32.1 Å². The number of likely N-dealkylation sites (N-methyl/N-ethyl adjacent to an activating group) is 1. The van der Waals surface area contributed by atoms with Gasteiger partial charge in [0, 0.05) is 32.2 Å². The van der Waals surface area contributed by atoms with Crippen LogP contribution in [0.15, 0.2) is 29.2 Å². The SMILES string of the molecule is CC(=O)Nc1ccc(S(=O)(=O)N(C)CC(=O)OCC(=O)N2CCCC[C@@H]2C)cc1. The predicted molar refractivity (Wildman–Crippen MR) is 107 cm³/mol. The number of likely N-dealkylation sites (tertiary alicyclic amines) is 1. The lowest BCUT2D eigenvalue weighted by molar-refractivity contribution is -0.153. The molecule has 1 aliphatic heterocycles. The minimum Gasteiger partial charge on any atom is -0.455 e. The average molecular weight is 426 g/mol. The van der Waals surface area contributed by atoms with Gasteiger partial charge in [-0.05, 0) is 50.5 Å². The number of hydrogen-bond donors (Lipinski definition) is 1. The van der Waals surface area contributed by atoms with E-state index in [4.69, 9.17) is 4.74 Å². The lowest BCUT2D eigenvalue weighted by atomic mass is 10.0. The summed E-state index contributed by atoms with van der Waals surface area (Å²) in [5.41, 5.74) is 0.462. The van der Waals surface area contributed by atoms with Crippen molar-refractivity contribution in [3.63, 3.8) is 0 Å². The molecule has 1 atom stereocenters. The number of nitrogens with zero attached hydrogens (tertiary/aromatic N) is 2. The van der Waals surface area contributed by atoms with Gasteiger partial charge in [0.1, 0.15) is 6.54 Å². The Balaban J connectivity index is 1.90. The quantitative estimate of drug-likeness (QED) is 0.657. The molecule has 10 heteroatoms. The van der Waals surface area contributed by atoms with Crippen LogP contribution in [0.2, 0.25) is 0 Å². The van der Waals surface area contributed by atoms with Gasteiger partial charge in [-0.15, -0.1) is 0 Å². The molecule has 29 heavy (non-hydrogen) atoms. The second-order valence-electron chi connectivity index (χ2n) is 7.06. The standard InChI is InChI=1S/C19H27N3O6S/c1-14-6-4-5-11-22(14)18(24)13-28-19(25)12-21(3)29(26,27)17-9-7-16(8-10-17)20-15(2)23/h7-10,14H,4-6,11-13H2,1-3H3,(H,20,23)/t14-/m0/s1. The third kappa shape index (κ3) is 6.26. The molecular formula is C19H27N3O6S. The normalized spacial score (nSPS) is 17.1. The number of anilines is 1. The molecule has 0 aliphatic carbocycles. The van der Waals surface area contributed by atoms with E-state index in [-0.39, 0.29) is 22.8 Å². The Labute approximate surface area is 171 Å². The maximum absolute atomic E-state index is 12.6. The summed E-state index contributed by atoms with van der Waals surface area (Å²) in [4.78, 5) is 36.9. The highest BCUT2D eigenvalue weighted by molar-refractivity contribution is 7.89. The fraction of sp³-hybridized carbons (Fsp3) is 0.526. The van der Waals surface area contributed by atoms with Gasteiger partial charge in [0.2, 0.25) is 15.9 Å². The Morgan fingerprint density at radius 3 is 2.45 bits per heavy atom. The van der Waals surface area contributed by atoms with E-state index >= 15 is 0 Å². The van der Waals surface area contributed by atoms with E-state index in [1.165, 1.54) is 38.2 Å². The molecule has 0 bridgehead atoms. The van der Waals surface area contributed by atoms with Gasteiger partial charge in [0.05, 0.1) is 4.90 Å².